The summed E-state index contributed by atoms with van der Waals surface area (Å²) in [4.78, 5) is 11.8. The molecule has 0 saturated heterocycles. The second kappa shape index (κ2) is 4.03. The Kier molecular flexibility index (Phi) is 2.51. The van der Waals surface area contributed by atoms with E-state index in [1.54, 1.807) is 6.08 Å². The summed E-state index contributed by atoms with van der Waals surface area (Å²) >= 11 is 2.10. The molecule has 3 nitrogen and oxygen atoms in total. The van der Waals surface area contributed by atoms with Gasteiger partial charge in [-0.1, -0.05) is 18.2 Å². The molecule has 1 aromatic heterocycles. The zero-order chi connectivity index (χ0) is 11.8. The minimum absolute atomic E-state index is 0.0855. The molecule has 3 rings (SSSR count). The van der Waals surface area contributed by atoms with Gasteiger partial charge in [0.05, 0.1) is 5.57 Å². The maximum atomic E-state index is 11.8. The molecule has 0 atom stereocenters. The van der Waals surface area contributed by atoms with Crippen molar-refractivity contribution in [2.24, 2.45) is 0 Å². The van der Waals surface area contributed by atoms with Gasteiger partial charge in [-0.25, -0.2) is 0 Å². The molecule has 0 spiro atoms. The molecule has 4 heteroatoms. The van der Waals surface area contributed by atoms with Crippen LogP contribution < -0.4 is 5.32 Å². The first kappa shape index (κ1) is 10.6. The maximum absolute atomic E-state index is 11.8. The van der Waals surface area contributed by atoms with E-state index in [2.05, 4.69) is 27.9 Å². The van der Waals surface area contributed by atoms with Crippen molar-refractivity contribution in [1.82, 2.24) is 0 Å². The molecular formula is C13H8INO2. The topological polar surface area (TPSA) is 42.2 Å². The van der Waals surface area contributed by atoms with Crippen LogP contribution in [0.25, 0.3) is 11.6 Å². The molecule has 84 valence electrons. The summed E-state index contributed by atoms with van der Waals surface area (Å²) in [5, 5.41) is 2.82. The van der Waals surface area contributed by atoms with E-state index in [1.807, 2.05) is 36.4 Å². The second-order valence-corrected chi connectivity index (χ2v) is 4.76. The predicted molar refractivity (Wildman–Crippen MR) is 74.4 cm³/mol. The summed E-state index contributed by atoms with van der Waals surface area (Å²) < 4.78 is 6.25. The minimum Gasteiger partial charge on any atom is -0.451 e. The average Bonchev–Trinajstić information content (AvgIpc) is 2.85. The molecule has 1 amide bonds. The van der Waals surface area contributed by atoms with Crippen LogP contribution in [0.1, 0.15) is 11.3 Å². The SMILES string of the molecule is O=C1Nc2ccccc2/C1=C\c1ccc(I)o1. The van der Waals surface area contributed by atoms with Gasteiger partial charge in [0.15, 0.2) is 3.77 Å². The van der Waals surface area contributed by atoms with E-state index in [4.69, 9.17) is 4.42 Å². The highest BCUT2D eigenvalue weighted by atomic mass is 127. The summed E-state index contributed by atoms with van der Waals surface area (Å²) in [6, 6.07) is 11.3. The molecule has 2 aromatic rings. The van der Waals surface area contributed by atoms with E-state index in [0.29, 0.717) is 11.3 Å². The molecule has 17 heavy (non-hydrogen) atoms. The lowest BCUT2D eigenvalue weighted by Gasteiger charge is -1.95. The number of furan rings is 1. The van der Waals surface area contributed by atoms with E-state index in [0.717, 1.165) is 15.0 Å². The van der Waals surface area contributed by atoms with Gasteiger partial charge in [0.1, 0.15) is 5.76 Å². The van der Waals surface area contributed by atoms with Crippen LogP contribution in [-0.2, 0) is 4.79 Å². The van der Waals surface area contributed by atoms with Crippen molar-refractivity contribution in [1.29, 1.82) is 0 Å². The molecule has 0 saturated carbocycles. The first-order chi connectivity index (χ1) is 8.24. The van der Waals surface area contributed by atoms with Crippen molar-refractivity contribution in [2.45, 2.75) is 0 Å². The third-order valence-electron chi connectivity index (χ3n) is 2.59. The maximum Gasteiger partial charge on any atom is 0.256 e. The monoisotopic (exact) mass is 337 g/mol. The van der Waals surface area contributed by atoms with Crippen LogP contribution in [-0.4, -0.2) is 5.91 Å². The first-order valence-electron chi connectivity index (χ1n) is 5.12. The smallest absolute Gasteiger partial charge is 0.256 e. The Morgan fingerprint density at radius 1 is 1.18 bits per heavy atom. The molecule has 2 heterocycles. The third kappa shape index (κ3) is 1.88. The number of rotatable bonds is 1. The highest BCUT2D eigenvalue weighted by Gasteiger charge is 2.23. The van der Waals surface area contributed by atoms with Crippen molar-refractivity contribution in [3.05, 3.63) is 51.5 Å². The lowest BCUT2D eigenvalue weighted by molar-refractivity contribution is -0.110. The van der Waals surface area contributed by atoms with E-state index < -0.39 is 0 Å². The van der Waals surface area contributed by atoms with Crippen molar-refractivity contribution < 1.29 is 9.21 Å². The number of halogens is 1. The second-order valence-electron chi connectivity index (χ2n) is 3.70. The van der Waals surface area contributed by atoms with E-state index in [1.165, 1.54) is 0 Å². The quantitative estimate of drug-likeness (QED) is 0.640. The van der Waals surface area contributed by atoms with Crippen molar-refractivity contribution >= 4 is 45.8 Å². The van der Waals surface area contributed by atoms with Crippen LogP contribution >= 0.6 is 22.6 Å². The Morgan fingerprint density at radius 2 is 2.00 bits per heavy atom. The van der Waals surface area contributed by atoms with Crippen LogP contribution in [0.3, 0.4) is 0 Å². The zero-order valence-electron chi connectivity index (χ0n) is 8.74. The Balaban J connectivity index is 2.09. The van der Waals surface area contributed by atoms with Crippen LogP contribution in [0.4, 0.5) is 5.69 Å². The van der Waals surface area contributed by atoms with Crippen molar-refractivity contribution in [3.63, 3.8) is 0 Å². The predicted octanol–water partition coefficient (Wildman–Crippen LogP) is 3.38. The van der Waals surface area contributed by atoms with Crippen LogP contribution in [0.5, 0.6) is 0 Å². The Bertz CT molecular complexity index is 628. The fourth-order valence-electron chi connectivity index (χ4n) is 1.83. The molecular weight excluding hydrogens is 329 g/mol. The number of para-hydroxylation sites is 1. The largest absolute Gasteiger partial charge is 0.451 e. The fourth-order valence-corrected chi connectivity index (χ4v) is 2.26. The molecule has 1 N–H and O–H groups in total. The number of carbonyl (C=O) groups is 1. The summed E-state index contributed by atoms with van der Waals surface area (Å²) in [5.74, 6) is 0.605. The van der Waals surface area contributed by atoms with Gasteiger partial charge in [-0.2, -0.15) is 0 Å². The van der Waals surface area contributed by atoms with Gasteiger partial charge in [0, 0.05) is 11.3 Å². The van der Waals surface area contributed by atoms with Gasteiger partial charge in [0.25, 0.3) is 5.91 Å². The average molecular weight is 337 g/mol. The molecule has 0 aliphatic carbocycles. The van der Waals surface area contributed by atoms with Crippen LogP contribution in [0, 0.1) is 3.77 Å². The molecule has 0 bridgehead atoms. The minimum atomic E-state index is -0.0855. The highest BCUT2D eigenvalue weighted by molar-refractivity contribution is 14.1. The summed E-state index contributed by atoms with van der Waals surface area (Å²) in [6.45, 7) is 0. The number of fused-ring (bicyclic) bond motifs is 1. The molecule has 0 fully saturated rings. The molecule has 1 aliphatic heterocycles. The van der Waals surface area contributed by atoms with Crippen LogP contribution in [0.15, 0.2) is 40.8 Å². The summed E-state index contributed by atoms with van der Waals surface area (Å²) in [7, 11) is 0. The molecule has 1 aromatic carbocycles. The van der Waals surface area contributed by atoms with Gasteiger partial charge >= 0.3 is 0 Å². The zero-order valence-corrected chi connectivity index (χ0v) is 10.9. The Labute approximate surface area is 112 Å². The number of carbonyl (C=O) groups excluding carboxylic acids is 1. The molecule has 1 aliphatic rings. The third-order valence-corrected chi connectivity index (χ3v) is 3.17. The van der Waals surface area contributed by atoms with Gasteiger partial charge in [0.2, 0.25) is 0 Å². The normalized spacial score (nSPS) is 16.1. The molecule has 0 radical (unpaired) electrons. The first-order valence-corrected chi connectivity index (χ1v) is 6.20. The summed E-state index contributed by atoms with van der Waals surface area (Å²) in [6.07, 6.45) is 1.77. The van der Waals surface area contributed by atoms with Gasteiger partial charge in [-0.15, -0.1) is 0 Å². The van der Waals surface area contributed by atoms with Gasteiger partial charge in [-0.3, -0.25) is 4.79 Å². The number of nitrogens with one attached hydrogen (secondary N) is 1. The van der Waals surface area contributed by atoms with Gasteiger partial charge < -0.3 is 9.73 Å². The Hall–Kier alpha value is -1.56. The van der Waals surface area contributed by atoms with Crippen molar-refractivity contribution in [2.75, 3.05) is 5.32 Å². The molecule has 0 unspecified atom stereocenters. The number of hydrogen-bond donors (Lipinski definition) is 1. The number of hydrogen-bond acceptors (Lipinski definition) is 2. The van der Waals surface area contributed by atoms with Crippen molar-refractivity contribution in [3.8, 4) is 0 Å². The fraction of sp³-hybridized carbons (Fsp3) is 0. The highest BCUT2D eigenvalue weighted by Crippen LogP contribution is 2.32. The number of amides is 1. The number of benzene rings is 1. The van der Waals surface area contributed by atoms with E-state index in [9.17, 15) is 4.79 Å². The van der Waals surface area contributed by atoms with Gasteiger partial charge in [-0.05, 0) is 46.9 Å². The lowest BCUT2D eigenvalue weighted by atomic mass is 10.1. The Morgan fingerprint density at radius 3 is 2.76 bits per heavy atom. The number of anilines is 1. The van der Waals surface area contributed by atoms with E-state index in [-0.39, 0.29) is 5.91 Å². The van der Waals surface area contributed by atoms with E-state index >= 15 is 0 Å². The lowest BCUT2D eigenvalue weighted by Crippen LogP contribution is -2.03. The summed E-state index contributed by atoms with van der Waals surface area (Å²) in [5.41, 5.74) is 2.42. The van der Waals surface area contributed by atoms with Crippen LogP contribution in [0.2, 0.25) is 0 Å². The standard InChI is InChI=1S/C13H8INO2/c14-12-6-5-8(17-12)7-10-9-3-1-2-4-11(9)15-13(10)16/h1-7H,(H,15,16)/b10-7+.